The summed E-state index contributed by atoms with van der Waals surface area (Å²) < 4.78 is 9.27. The summed E-state index contributed by atoms with van der Waals surface area (Å²) in [4.78, 5) is 24.4. The van der Waals surface area contributed by atoms with Gasteiger partial charge in [0.25, 0.3) is 0 Å². The molecular weight excluding hydrogens is 248 g/mol. The van der Waals surface area contributed by atoms with Crippen molar-refractivity contribution in [2.24, 2.45) is 11.7 Å². The van der Waals surface area contributed by atoms with E-state index in [0.29, 0.717) is 25.3 Å². The number of carbonyl (C=O) groups excluding carboxylic acids is 2. The van der Waals surface area contributed by atoms with Gasteiger partial charge in [0, 0.05) is 32.1 Å². The molecule has 1 aliphatic heterocycles. The average Bonchev–Trinajstić information content (AvgIpc) is 2.41. The summed E-state index contributed by atoms with van der Waals surface area (Å²) in [5.74, 6) is 0.00556. The molecular formula is C13H24N2O4. The SMILES string of the molecule is COC(=O)CCC1CC(N)CN(CCC(=O)OC)C1. The van der Waals surface area contributed by atoms with E-state index < -0.39 is 0 Å². The Kier molecular flexibility index (Phi) is 6.80. The molecule has 0 amide bonds. The fourth-order valence-corrected chi connectivity index (χ4v) is 2.52. The number of likely N-dealkylation sites (tertiary alicyclic amines) is 1. The van der Waals surface area contributed by atoms with Crippen molar-refractivity contribution in [2.75, 3.05) is 33.9 Å². The van der Waals surface area contributed by atoms with E-state index in [4.69, 9.17) is 5.73 Å². The Labute approximate surface area is 114 Å². The first-order valence-corrected chi connectivity index (χ1v) is 6.66. The minimum Gasteiger partial charge on any atom is -0.469 e. The number of nitrogens with zero attached hydrogens (tertiary/aromatic N) is 1. The molecule has 2 atom stereocenters. The average molecular weight is 272 g/mol. The second-order valence-electron chi connectivity index (χ2n) is 5.06. The normalized spacial score (nSPS) is 23.9. The summed E-state index contributed by atoms with van der Waals surface area (Å²) in [5, 5.41) is 0. The molecule has 2 N–H and O–H groups in total. The van der Waals surface area contributed by atoms with E-state index in [-0.39, 0.29) is 18.0 Å². The van der Waals surface area contributed by atoms with E-state index in [2.05, 4.69) is 14.4 Å². The highest BCUT2D eigenvalue weighted by Crippen LogP contribution is 2.20. The second kappa shape index (κ2) is 8.12. The van der Waals surface area contributed by atoms with Crippen LogP contribution in [0.1, 0.15) is 25.7 Å². The van der Waals surface area contributed by atoms with Crippen molar-refractivity contribution < 1.29 is 19.1 Å². The van der Waals surface area contributed by atoms with E-state index in [1.807, 2.05) is 0 Å². The Morgan fingerprint density at radius 1 is 1.16 bits per heavy atom. The van der Waals surface area contributed by atoms with Gasteiger partial charge in [0.05, 0.1) is 20.6 Å². The predicted molar refractivity (Wildman–Crippen MR) is 70.4 cm³/mol. The standard InChI is InChI=1S/C13H24N2O4/c1-18-12(16)4-3-10-7-11(14)9-15(8-10)6-5-13(17)19-2/h10-11H,3-9,14H2,1-2H3. The molecule has 1 rings (SSSR count). The molecule has 0 bridgehead atoms. The number of hydrogen-bond acceptors (Lipinski definition) is 6. The third-order valence-corrected chi connectivity index (χ3v) is 3.49. The minimum absolute atomic E-state index is 0.106. The molecule has 0 saturated carbocycles. The van der Waals surface area contributed by atoms with Gasteiger partial charge in [0.15, 0.2) is 0 Å². The first-order chi connectivity index (χ1) is 9.05. The Morgan fingerprint density at radius 3 is 2.42 bits per heavy atom. The number of esters is 2. The molecule has 1 saturated heterocycles. The van der Waals surface area contributed by atoms with Crippen molar-refractivity contribution >= 4 is 11.9 Å². The zero-order valence-corrected chi connectivity index (χ0v) is 11.8. The second-order valence-corrected chi connectivity index (χ2v) is 5.06. The molecule has 1 fully saturated rings. The highest BCUT2D eigenvalue weighted by atomic mass is 16.5. The molecule has 0 aromatic rings. The zero-order chi connectivity index (χ0) is 14.3. The highest BCUT2D eigenvalue weighted by Gasteiger charge is 2.25. The van der Waals surface area contributed by atoms with Crippen LogP contribution in [0.5, 0.6) is 0 Å². The molecule has 0 spiro atoms. The summed E-state index contributed by atoms with van der Waals surface area (Å²) in [7, 11) is 2.79. The van der Waals surface area contributed by atoms with Gasteiger partial charge in [-0.3, -0.25) is 9.59 Å². The lowest BCUT2D eigenvalue weighted by atomic mass is 9.90. The molecule has 0 aromatic heterocycles. The number of piperidine rings is 1. The lowest BCUT2D eigenvalue weighted by Gasteiger charge is -2.36. The Hall–Kier alpha value is -1.14. The monoisotopic (exact) mass is 272 g/mol. The Balaban J connectivity index is 2.35. The van der Waals surface area contributed by atoms with Crippen LogP contribution in [0.4, 0.5) is 0 Å². The maximum Gasteiger partial charge on any atom is 0.306 e. The van der Waals surface area contributed by atoms with Crippen LogP contribution in [0.15, 0.2) is 0 Å². The van der Waals surface area contributed by atoms with Crippen molar-refractivity contribution in [3.63, 3.8) is 0 Å². The molecule has 110 valence electrons. The van der Waals surface area contributed by atoms with Crippen molar-refractivity contribution in [2.45, 2.75) is 31.7 Å². The van der Waals surface area contributed by atoms with E-state index in [1.54, 1.807) is 0 Å². The molecule has 0 radical (unpaired) electrons. The van der Waals surface area contributed by atoms with E-state index >= 15 is 0 Å². The van der Waals surface area contributed by atoms with Crippen LogP contribution in [0.3, 0.4) is 0 Å². The van der Waals surface area contributed by atoms with Crippen molar-refractivity contribution in [3.05, 3.63) is 0 Å². The molecule has 6 heteroatoms. The lowest BCUT2D eigenvalue weighted by molar-refractivity contribution is -0.141. The van der Waals surface area contributed by atoms with Gasteiger partial charge in [-0.15, -0.1) is 0 Å². The summed E-state index contributed by atoms with van der Waals surface area (Å²) in [5.41, 5.74) is 6.02. The summed E-state index contributed by atoms with van der Waals surface area (Å²) >= 11 is 0. The molecule has 1 heterocycles. The summed E-state index contributed by atoms with van der Waals surface area (Å²) in [6.07, 6.45) is 2.52. The van der Waals surface area contributed by atoms with Crippen LogP contribution >= 0.6 is 0 Å². The van der Waals surface area contributed by atoms with Crippen LogP contribution in [0, 0.1) is 5.92 Å². The number of nitrogens with two attached hydrogens (primary N) is 1. The number of methoxy groups -OCH3 is 2. The van der Waals surface area contributed by atoms with Gasteiger partial charge >= 0.3 is 11.9 Å². The maximum atomic E-state index is 11.1. The number of hydrogen-bond donors (Lipinski definition) is 1. The lowest BCUT2D eigenvalue weighted by Crippen LogP contribution is -2.47. The van der Waals surface area contributed by atoms with Gasteiger partial charge in [-0.05, 0) is 18.8 Å². The van der Waals surface area contributed by atoms with Gasteiger partial charge in [-0.2, -0.15) is 0 Å². The minimum atomic E-state index is -0.203. The third-order valence-electron chi connectivity index (χ3n) is 3.49. The molecule has 6 nitrogen and oxygen atoms in total. The molecule has 2 unspecified atom stereocenters. The van der Waals surface area contributed by atoms with Gasteiger partial charge in [-0.1, -0.05) is 0 Å². The molecule has 1 aliphatic rings. The van der Waals surface area contributed by atoms with Gasteiger partial charge in [0.1, 0.15) is 0 Å². The van der Waals surface area contributed by atoms with Crippen molar-refractivity contribution in [1.29, 1.82) is 0 Å². The molecule has 19 heavy (non-hydrogen) atoms. The topological polar surface area (TPSA) is 81.9 Å². The molecule has 0 aromatic carbocycles. The zero-order valence-electron chi connectivity index (χ0n) is 11.8. The third kappa shape index (κ3) is 6.02. The first-order valence-electron chi connectivity index (χ1n) is 6.66. The first kappa shape index (κ1) is 15.9. The Morgan fingerprint density at radius 2 is 1.79 bits per heavy atom. The van der Waals surface area contributed by atoms with Crippen LogP contribution < -0.4 is 5.73 Å². The van der Waals surface area contributed by atoms with Crippen LogP contribution in [0.2, 0.25) is 0 Å². The largest absolute Gasteiger partial charge is 0.469 e. The van der Waals surface area contributed by atoms with E-state index in [0.717, 1.165) is 25.9 Å². The number of ether oxygens (including phenoxy) is 2. The van der Waals surface area contributed by atoms with Crippen molar-refractivity contribution in [1.82, 2.24) is 4.90 Å². The fourth-order valence-electron chi connectivity index (χ4n) is 2.52. The summed E-state index contributed by atoms with van der Waals surface area (Å²) in [6.45, 7) is 2.34. The van der Waals surface area contributed by atoms with Crippen molar-refractivity contribution in [3.8, 4) is 0 Å². The van der Waals surface area contributed by atoms with Crippen LogP contribution in [0.25, 0.3) is 0 Å². The van der Waals surface area contributed by atoms with Gasteiger partial charge in [-0.25, -0.2) is 0 Å². The quantitative estimate of drug-likeness (QED) is 0.693. The molecule has 0 aliphatic carbocycles. The predicted octanol–water partition coefficient (Wildman–Crippen LogP) is 0.152. The summed E-state index contributed by atoms with van der Waals surface area (Å²) in [6, 6.07) is 0.106. The fraction of sp³-hybridized carbons (Fsp3) is 0.846. The Bertz CT molecular complexity index is 281. The van der Waals surface area contributed by atoms with Gasteiger partial charge < -0.3 is 20.1 Å². The highest BCUT2D eigenvalue weighted by molar-refractivity contribution is 5.69. The van der Waals surface area contributed by atoms with Crippen LogP contribution in [-0.2, 0) is 19.1 Å². The number of rotatable bonds is 6. The maximum absolute atomic E-state index is 11.1. The van der Waals surface area contributed by atoms with E-state index in [1.165, 1.54) is 14.2 Å². The smallest absolute Gasteiger partial charge is 0.306 e. The number of carbonyl (C=O) groups is 2. The van der Waals surface area contributed by atoms with E-state index in [9.17, 15) is 9.59 Å². The van der Waals surface area contributed by atoms with Gasteiger partial charge in [0.2, 0.25) is 0 Å². The van der Waals surface area contributed by atoms with Crippen LogP contribution in [-0.4, -0.2) is 56.7 Å².